The molecule has 0 radical (unpaired) electrons. The van der Waals surface area contributed by atoms with Gasteiger partial charge in [0.05, 0.1) is 16.9 Å². The van der Waals surface area contributed by atoms with Gasteiger partial charge >= 0.3 is 0 Å². The van der Waals surface area contributed by atoms with E-state index in [0.717, 1.165) is 0 Å². The van der Waals surface area contributed by atoms with Crippen LogP contribution in [0, 0.1) is 11.3 Å². The van der Waals surface area contributed by atoms with Gasteiger partial charge in [-0.15, -0.1) is 0 Å². The summed E-state index contributed by atoms with van der Waals surface area (Å²) < 4.78 is 5.33. The Morgan fingerprint density at radius 1 is 1.20 bits per heavy atom. The molecule has 5 nitrogen and oxygen atoms in total. The van der Waals surface area contributed by atoms with Crippen molar-refractivity contribution in [3.63, 3.8) is 0 Å². The van der Waals surface area contributed by atoms with Gasteiger partial charge in [0.25, 0.3) is 5.91 Å². The average Bonchev–Trinajstić information content (AvgIpc) is 2.48. The van der Waals surface area contributed by atoms with Crippen molar-refractivity contribution in [3.05, 3.63) is 54.1 Å². The zero-order chi connectivity index (χ0) is 14.4. The van der Waals surface area contributed by atoms with Crippen molar-refractivity contribution >= 4 is 17.3 Å². The first-order chi connectivity index (χ1) is 9.70. The van der Waals surface area contributed by atoms with Gasteiger partial charge in [0, 0.05) is 0 Å². The zero-order valence-electron chi connectivity index (χ0n) is 10.7. The number of anilines is 2. The molecule has 0 bridgehead atoms. The first kappa shape index (κ1) is 13.4. The number of carbonyl (C=O) groups is 1. The van der Waals surface area contributed by atoms with Crippen molar-refractivity contribution < 1.29 is 9.53 Å². The highest BCUT2D eigenvalue weighted by atomic mass is 16.5. The van der Waals surface area contributed by atoms with E-state index in [1.165, 1.54) is 0 Å². The summed E-state index contributed by atoms with van der Waals surface area (Å²) in [5.74, 6) is 0.0434. The summed E-state index contributed by atoms with van der Waals surface area (Å²) in [6.45, 7) is -0.187. The highest BCUT2D eigenvalue weighted by molar-refractivity contribution is 5.94. The Labute approximate surface area is 116 Å². The van der Waals surface area contributed by atoms with Crippen molar-refractivity contribution in [2.45, 2.75) is 0 Å². The molecule has 0 spiro atoms. The molecule has 3 N–H and O–H groups in total. The molecule has 0 aliphatic rings. The molecule has 0 atom stereocenters. The second-order valence-corrected chi connectivity index (χ2v) is 4.03. The quantitative estimate of drug-likeness (QED) is 0.831. The first-order valence-electron chi connectivity index (χ1n) is 5.97. The van der Waals surface area contributed by atoms with Gasteiger partial charge in [-0.1, -0.05) is 24.3 Å². The Bertz CT molecular complexity index is 662. The van der Waals surface area contributed by atoms with E-state index in [1.54, 1.807) is 48.5 Å². The van der Waals surface area contributed by atoms with Crippen LogP contribution >= 0.6 is 0 Å². The molecule has 100 valence electrons. The number of benzene rings is 2. The van der Waals surface area contributed by atoms with Crippen LogP contribution in [-0.4, -0.2) is 12.5 Å². The van der Waals surface area contributed by atoms with Gasteiger partial charge in [0.1, 0.15) is 11.8 Å². The summed E-state index contributed by atoms with van der Waals surface area (Å²) in [5.41, 5.74) is 7.13. The molecule has 0 saturated carbocycles. The third-order valence-corrected chi connectivity index (χ3v) is 2.60. The summed E-state index contributed by atoms with van der Waals surface area (Å²) in [7, 11) is 0. The Kier molecular flexibility index (Phi) is 4.20. The minimum absolute atomic E-state index is 0.187. The first-order valence-corrected chi connectivity index (χ1v) is 5.97. The highest BCUT2D eigenvalue weighted by Crippen LogP contribution is 2.18. The number of nitriles is 1. The van der Waals surface area contributed by atoms with Crippen LogP contribution in [0.5, 0.6) is 5.75 Å². The van der Waals surface area contributed by atoms with Gasteiger partial charge in [-0.2, -0.15) is 5.26 Å². The maximum absolute atomic E-state index is 11.8. The van der Waals surface area contributed by atoms with Gasteiger partial charge in [-0.3, -0.25) is 4.79 Å². The van der Waals surface area contributed by atoms with Gasteiger partial charge in [0.2, 0.25) is 0 Å². The minimum atomic E-state index is -0.337. The lowest BCUT2D eigenvalue weighted by atomic mass is 10.2. The summed E-state index contributed by atoms with van der Waals surface area (Å²) >= 11 is 0. The molecular formula is C15H13N3O2. The van der Waals surface area contributed by atoms with Gasteiger partial charge in [0.15, 0.2) is 6.61 Å². The van der Waals surface area contributed by atoms with Crippen molar-refractivity contribution in [1.82, 2.24) is 0 Å². The maximum atomic E-state index is 11.8. The van der Waals surface area contributed by atoms with E-state index in [9.17, 15) is 4.79 Å². The molecule has 0 aliphatic heterocycles. The molecule has 5 heteroatoms. The number of nitrogens with two attached hydrogens (primary N) is 1. The van der Waals surface area contributed by atoms with Crippen LogP contribution in [0.1, 0.15) is 5.56 Å². The highest BCUT2D eigenvalue weighted by Gasteiger charge is 2.07. The van der Waals surface area contributed by atoms with Crippen LogP contribution in [0.15, 0.2) is 48.5 Å². The predicted octanol–water partition coefficient (Wildman–Crippen LogP) is 2.16. The fraction of sp³-hybridized carbons (Fsp3) is 0.0667. The lowest BCUT2D eigenvalue weighted by Crippen LogP contribution is -2.21. The summed E-state index contributed by atoms with van der Waals surface area (Å²) in [6, 6.07) is 15.7. The fourth-order valence-electron chi connectivity index (χ4n) is 1.63. The summed E-state index contributed by atoms with van der Waals surface area (Å²) in [5, 5.41) is 11.6. The number of hydrogen-bond acceptors (Lipinski definition) is 4. The summed E-state index contributed by atoms with van der Waals surface area (Å²) in [4.78, 5) is 11.8. The molecule has 1 amide bonds. The van der Waals surface area contributed by atoms with Crippen LogP contribution < -0.4 is 15.8 Å². The number of rotatable bonds is 4. The van der Waals surface area contributed by atoms with E-state index in [2.05, 4.69) is 5.32 Å². The SMILES string of the molecule is N#Cc1ccccc1OCC(=O)Nc1ccccc1N. The Morgan fingerprint density at radius 2 is 1.90 bits per heavy atom. The van der Waals surface area contributed by atoms with Crippen LogP contribution in [0.3, 0.4) is 0 Å². The molecule has 0 saturated heterocycles. The maximum Gasteiger partial charge on any atom is 0.262 e. The van der Waals surface area contributed by atoms with Crippen molar-refractivity contribution in [2.24, 2.45) is 0 Å². The van der Waals surface area contributed by atoms with Gasteiger partial charge < -0.3 is 15.8 Å². The van der Waals surface area contributed by atoms with E-state index in [4.69, 9.17) is 15.7 Å². The van der Waals surface area contributed by atoms with Gasteiger partial charge in [-0.25, -0.2) is 0 Å². The Balaban J connectivity index is 1.96. The molecule has 2 aromatic rings. The van der Waals surface area contributed by atoms with E-state index < -0.39 is 0 Å². The molecule has 0 heterocycles. The summed E-state index contributed by atoms with van der Waals surface area (Å²) in [6.07, 6.45) is 0. The van der Waals surface area contributed by atoms with Gasteiger partial charge in [-0.05, 0) is 24.3 Å². The van der Waals surface area contributed by atoms with E-state index in [0.29, 0.717) is 22.7 Å². The van der Waals surface area contributed by atoms with Crippen molar-refractivity contribution in [3.8, 4) is 11.8 Å². The topological polar surface area (TPSA) is 88.1 Å². The normalized spacial score (nSPS) is 9.55. The fourth-order valence-corrected chi connectivity index (χ4v) is 1.63. The molecule has 2 aromatic carbocycles. The Morgan fingerprint density at radius 3 is 2.65 bits per heavy atom. The monoisotopic (exact) mass is 267 g/mol. The second-order valence-electron chi connectivity index (χ2n) is 4.03. The number of ether oxygens (including phenoxy) is 1. The van der Waals surface area contributed by atoms with Crippen molar-refractivity contribution in [2.75, 3.05) is 17.7 Å². The minimum Gasteiger partial charge on any atom is -0.482 e. The Hall–Kier alpha value is -3.00. The molecular weight excluding hydrogens is 254 g/mol. The standard InChI is InChI=1S/C15H13N3O2/c16-9-11-5-1-4-8-14(11)20-10-15(19)18-13-7-3-2-6-12(13)17/h1-8H,10,17H2,(H,18,19). The largest absolute Gasteiger partial charge is 0.482 e. The van der Waals surface area contributed by atoms with Crippen molar-refractivity contribution in [1.29, 1.82) is 5.26 Å². The molecule has 0 aromatic heterocycles. The van der Waals surface area contributed by atoms with Crippen LogP contribution in [-0.2, 0) is 4.79 Å². The predicted molar refractivity (Wildman–Crippen MR) is 76.1 cm³/mol. The third-order valence-electron chi connectivity index (χ3n) is 2.60. The number of para-hydroxylation sites is 3. The number of nitrogens with zero attached hydrogens (tertiary/aromatic N) is 1. The molecule has 0 unspecified atom stereocenters. The van der Waals surface area contributed by atoms with Crippen LogP contribution in [0.2, 0.25) is 0 Å². The number of hydrogen-bond donors (Lipinski definition) is 2. The number of nitrogens with one attached hydrogen (secondary N) is 1. The van der Waals surface area contributed by atoms with Crippen LogP contribution in [0.4, 0.5) is 11.4 Å². The zero-order valence-corrected chi connectivity index (χ0v) is 10.7. The molecule has 0 fully saturated rings. The van der Waals surface area contributed by atoms with E-state index in [-0.39, 0.29) is 12.5 Å². The number of nitrogen functional groups attached to an aromatic ring is 1. The third kappa shape index (κ3) is 3.27. The molecule has 20 heavy (non-hydrogen) atoms. The lowest BCUT2D eigenvalue weighted by Gasteiger charge is -2.09. The number of carbonyl (C=O) groups excluding carboxylic acids is 1. The average molecular weight is 267 g/mol. The molecule has 2 rings (SSSR count). The van der Waals surface area contributed by atoms with Crippen LogP contribution in [0.25, 0.3) is 0 Å². The number of amides is 1. The smallest absolute Gasteiger partial charge is 0.262 e. The van der Waals surface area contributed by atoms with E-state index >= 15 is 0 Å². The van der Waals surface area contributed by atoms with E-state index in [1.807, 2.05) is 6.07 Å². The molecule has 0 aliphatic carbocycles. The second kappa shape index (κ2) is 6.25. The lowest BCUT2D eigenvalue weighted by molar-refractivity contribution is -0.118.